The summed E-state index contributed by atoms with van der Waals surface area (Å²) in [5.41, 5.74) is 12.7. The van der Waals surface area contributed by atoms with Crippen LogP contribution in [0.5, 0.6) is 0 Å². The number of hydrogen-bond donors (Lipinski definition) is 4. The van der Waals surface area contributed by atoms with Crippen LogP contribution in [0.1, 0.15) is 22.8 Å². The second-order valence-electron chi connectivity index (χ2n) is 5.43. The fraction of sp³-hybridized carbons (Fsp3) is 0.250. The van der Waals surface area contributed by atoms with Gasteiger partial charge in [0.25, 0.3) is 5.91 Å². The van der Waals surface area contributed by atoms with Crippen molar-refractivity contribution in [2.45, 2.75) is 19.9 Å². The standard InChI is InChI=1S/C16H20FN5O/c1-9-4-3-5-11(6-9)21-15-12(14(19)23)7-13(17)16(22-15)20-8-10(2)18/h3-7,10H,8,18H2,1-2H3,(H2,19,23)(H2,20,21,22)/t10-/m0/s1. The Morgan fingerprint density at radius 2 is 2.09 bits per heavy atom. The minimum Gasteiger partial charge on any atom is -0.366 e. The second kappa shape index (κ2) is 7.06. The molecule has 0 aliphatic carbocycles. The van der Waals surface area contributed by atoms with Crippen LogP contribution in [0.25, 0.3) is 0 Å². The number of amides is 1. The van der Waals surface area contributed by atoms with Crippen LogP contribution in [-0.4, -0.2) is 23.5 Å². The third-order valence-electron chi connectivity index (χ3n) is 3.11. The number of primary amides is 1. The summed E-state index contributed by atoms with van der Waals surface area (Å²) in [4.78, 5) is 15.7. The van der Waals surface area contributed by atoms with Gasteiger partial charge in [0.2, 0.25) is 0 Å². The molecule has 0 bridgehead atoms. The summed E-state index contributed by atoms with van der Waals surface area (Å²) >= 11 is 0. The van der Waals surface area contributed by atoms with E-state index in [4.69, 9.17) is 11.5 Å². The fourth-order valence-corrected chi connectivity index (χ4v) is 2.01. The van der Waals surface area contributed by atoms with Crippen LogP contribution in [-0.2, 0) is 0 Å². The molecule has 6 N–H and O–H groups in total. The highest BCUT2D eigenvalue weighted by Gasteiger charge is 2.16. The minimum absolute atomic E-state index is 0.0162. The van der Waals surface area contributed by atoms with Crippen molar-refractivity contribution in [1.29, 1.82) is 0 Å². The molecule has 1 atom stereocenters. The van der Waals surface area contributed by atoms with Crippen molar-refractivity contribution < 1.29 is 9.18 Å². The third-order valence-corrected chi connectivity index (χ3v) is 3.11. The average Bonchev–Trinajstić information content (AvgIpc) is 2.47. The highest BCUT2D eigenvalue weighted by atomic mass is 19.1. The average molecular weight is 317 g/mol. The minimum atomic E-state index is -0.759. The van der Waals surface area contributed by atoms with Gasteiger partial charge in [0, 0.05) is 18.3 Å². The third kappa shape index (κ3) is 4.40. The number of rotatable bonds is 6. The molecule has 0 spiro atoms. The highest BCUT2D eigenvalue weighted by Crippen LogP contribution is 2.24. The van der Waals surface area contributed by atoms with Gasteiger partial charge in [-0.05, 0) is 37.6 Å². The van der Waals surface area contributed by atoms with Gasteiger partial charge in [-0.15, -0.1) is 0 Å². The smallest absolute Gasteiger partial charge is 0.252 e. The topological polar surface area (TPSA) is 106 Å². The number of aromatic nitrogens is 1. The van der Waals surface area contributed by atoms with Crippen molar-refractivity contribution >= 4 is 23.2 Å². The van der Waals surface area contributed by atoms with E-state index >= 15 is 0 Å². The van der Waals surface area contributed by atoms with Gasteiger partial charge in [-0.2, -0.15) is 0 Å². The fourth-order valence-electron chi connectivity index (χ4n) is 2.01. The van der Waals surface area contributed by atoms with Crippen molar-refractivity contribution in [2.24, 2.45) is 11.5 Å². The predicted molar refractivity (Wildman–Crippen MR) is 89.3 cm³/mol. The lowest BCUT2D eigenvalue weighted by molar-refractivity contribution is 0.100. The van der Waals surface area contributed by atoms with Crippen LogP contribution < -0.4 is 22.1 Å². The molecule has 1 aromatic heterocycles. The first kappa shape index (κ1) is 16.7. The summed E-state index contributed by atoms with van der Waals surface area (Å²) < 4.78 is 14.0. The van der Waals surface area contributed by atoms with Gasteiger partial charge >= 0.3 is 0 Å². The van der Waals surface area contributed by atoms with Crippen LogP contribution in [0.2, 0.25) is 0 Å². The lowest BCUT2D eigenvalue weighted by Crippen LogP contribution is -2.26. The Morgan fingerprint density at radius 1 is 1.35 bits per heavy atom. The number of nitrogens with zero attached hydrogens (tertiary/aromatic N) is 1. The van der Waals surface area contributed by atoms with Crippen molar-refractivity contribution in [3.05, 3.63) is 47.3 Å². The van der Waals surface area contributed by atoms with Gasteiger partial charge in [0.05, 0.1) is 5.56 Å². The van der Waals surface area contributed by atoms with E-state index in [1.54, 1.807) is 6.92 Å². The molecule has 1 amide bonds. The summed E-state index contributed by atoms with van der Waals surface area (Å²) in [6.07, 6.45) is 0. The molecule has 7 heteroatoms. The number of pyridine rings is 1. The van der Waals surface area contributed by atoms with E-state index in [2.05, 4.69) is 15.6 Å². The van der Waals surface area contributed by atoms with E-state index in [1.807, 2.05) is 31.2 Å². The van der Waals surface area contributed by atoms with E-state index in [0.717, 1.165) is 17.3 Å². The summed E-state index contributed by atoms with van der Waals surface area (Å²) in [7, 11) is 0. The maximum absolute atomic E-state index is 14.0. The van der Waals surface area contributed by atoms with Crippen molar-refractivity contribution in [3.8, 4) is 0 Å². The molecule has 0 aliphatic rings. The molecule has 122 valence electrons. The number of carbonyl (C=O) groups is 1. The second-order valence-corrected chi connectivity index (χ2v) is 5.43. The molecule has 1 heterocycles. The number of nitrogens with one attached hydrogen (secondary N) is 2. The Morgan fingerprint density at radius 3 is 2.70 bits per heavy atom. The zero-order valence-corrected chi connectivity index (χ0v) is 13.1. The molecule has 23 heavy (non-hydrogen) atoms. The molecule has 0 radical (unpaired) electrons. The van der Waals surface area contributed by atoms with E-state index in [9.17, 15) is 9.18 Å². The summed E-state index contributed by atoms with van der Waals surface area (Å²) in [5, 5.41) is 5.81. The largest absolute Gasteiger partial charge is 0.366 e. The van der Waals surface area contributed by atoms with Gasteiger partial charge < -0.3 is 22.1 Å². The van der Waals surface area contributed by atoms with E-state index in [-0.39, 0.29) is 23.2 Å². The highest BCUT2D eigenvalue weighted by molar-refractivity contribution is 5.98. The predicted octanol–water partition coefficient (Wildman–Crippen LogP) is 2.13. The first-order valence-electron chi connectivity index (χ1n) is 7.20. The van der Waals surface area contributed by atoms with Gasteiger partial charge in [-0.3, -0.25) is 4.79 Å². The monoisotopic (exact) mass is 317 g/mol. The number of carbonyl (C=O) groups excluding carboxylic acids is 1. The quantitative estimate of drug-likeness (QED) is 0.653. The molecule has 1 aromatic carbocycles. The number of benzene rings is 1. The first-order valence-corrected chi connectivity index (χ1v) is 7.20. The van der Waals surface area contributed by atoms with Crippen molar-refractivity contribution in [1.82, 2.24) is 4.98 Å². The SMILES string of the molecule is Cc1cccc(Nc2nc(NC[C@H](C)N)c(F)cc2C(N)=O)c1. The maximum atomic E-state index is 14.0. The van der Waals surface area contributed by atoms with Gasteiger partial charge in [-0.1, -0.05) is 12.1 Å². The van der Waals surface area contributed by atoms with Crippen LogP contribution in [0.3, 0.4) is 0 Å². The molecular weight excluding hydrogens is 297 g/mol. The summed E-state index contributed by atoms with van der Waals surface area (Å²) in [5.74, 6) is -1.21. The molecule has 0 unspecified atom stereocenters. The molecule has 0 saturated heterocycles. The van der Waals surface area contributed by atoms with Crippen LogP contribution >= 0.6 is 0 Å². The molecule has 0 aliphatic heterocycles. The van der Waals surface area contributed by atoms with Crippen molar-refractivity contribution in [2.75, 3.05) is 17.2 Å². The maximum Gasteiger partial charge on any atom is 0.252 e. The Balaban J connectivity index is 2.38. The number of aryl methyl sites for hydroxylation is 1. The molecule has 6 nitrogen and oxygen atoms in total. The lowest BCUT2D eigenvalue weighted by Gasteiger charge is -2.14. The van der Waals surface area contributed by atoms with E-state index in [0.29, 0.717) is 6.54 Å². The lowest BCUT2D eigenvalue weighted by atomic mass is 10.2. The zero-order chi connectivity index (χ0) is 17.0. The first-order chi connectivity index (χ1) is 10.9. The normalized spacial score (nSPS) is 11.8. The summed E-state index contributed by atoms with van der Waals surface area (Å²) in [6.45, 7) is 4.08. The molecule has 2 rings (SSSR count). The van der Waals surface area contributed by atoms with Gasteiger partial charge in [0.1, 0.15) is 5.82 Å². The van der Waals surface area contributed by atoms with Crippen molar-refractivity contribution in [3.63, 3.8) is 0 Å². The van der Waals surface area contributed by atoms with E-state index < -0.39 is 11.7 Å². The number of hydrogen-bond acceptors (Lipinski definition) is 5. The number of anilines is 3. The Labute approximate surface area is 134 Å². The Kier molecular flexibility index (Phi) is 5.13. The molecule has 0 fully saturated rings. The van der Waals surface area contributed by atoms with Gasteiger partial charge in [-0.25, -0.2) is 9.37 Å². The van der Waals surface area contributed by atoms with Crippen LogP contribution in [0.4, 0.5) is 21.7 Å². The van der Waals surface area contributed by atoms with Crippen LogP contribution in [0.15, 0.2) is 30.3 Å². The number of halogens is 1. The molecule has 2 aromatic rings. The Bertz CT molecular complexity index is 718. The zero-order valence-electron chi connectivity index (χ0n) is 13.1. The Hall–Kier alpha value is -2.67. The molecular formula is C16H20FN5O. The number of nitrogens with two attached hydrogens (primary N) is 2. The molecule has 0 saturated carbocycles. The van der Waals surface area contributed by atoms with E-state index in [1.165, 1.54) is 0 Å². The van der Waals surface area contributed by atoms with Gasteiger partial charge in [0.15, 0.2) is 11.6 Å². The summed E-state index contributed by atoms with van der Waals surface area (Å²) in [6, 6.07) is 8.40. The van der Waals surface area contributed by atoms with Crippen LogP contribution in [0, 0.1) is 12.7 Å².